The van der Waals surface area contributed by atoms with Crippen LogP contribution in [0.15, 0.2) is 18.2 Å². The first-order chi connectivity index (χ1) is 10.1. The zero-order valence-electron chi connectivity index (χ0n) is 12.4. The summed E-state index contributed by atoms with van der Waals surface area (Å²) in [5.74, 6) is -0.754. The summed E-state index contributed by atoms with van der Waals surface area (Å²) < 4.78 is 5.06. The number of hydrogen-bond acceptors (Lipinski definition) is 4. The highest BCUT2D eigenvalue weighted by atomic mass is 16.5. The van der Waals surface area contributed by atoms with E-state index < -0.39 is 5.97 Å². The van der Waals surface area contributed by atoms with Crippen molar-refractivity contribution in [3.8, 4) is 0 Å². The molecule has 1 amide bonds. The zero-order chi connectivity index (χ0) is 15.2. The third kappa shape index (κ3) is 4.21. The number of ether oxygens (including phenoxy) is 1. The van der Waals surface area contributed by atoms with Crippen LogP contribution in [-0.2, 0) is 9.53 Å². The van der Waals surface area contributed by atoms with Crippen LogP contribution >= 0.6 is 0 Å². The molecule has 1 saturated carbocycles. The first-order valence-electron chi connectivity index (χ1n) is 7.39. The third-order valence-corrected chi connectivity index (χ3v) is 3.90. The molecule has 0 heterocycles. The van der Waals surface area contributed by atoms with Gasteiger partial charge >= 0.3 is 5.97 Å². The van der Waals surface area contributed by atoms with E-state index in [1.165, 1.54) is 6.42 Å². The van der Waals surface area contributed by atoms with E-state index in [2.05, 4.69) is 5.32 Å². The lowest BCUT2D eigenvalue weighted by molar-refractivity contribution is -0.125. The highest BCUT2D eigenvalue weighted by molar-refractivity contribution is 5.94. The molecule has 0 radical (unpaired) electrons. The van der Waals surface area contributed by atoms with Gasteiger partial charge in [-0.1, -0.05) is 25.3 Å². The minimum Gasteiger partial charge on any atom is -0.452 e. The van der Waals surface area contributed by atoms with Crippen molar-refractivity contribution in [2.45, 2.75) is 45.1 Å². The monoisotopic (exact) mass is 290 g/mol. The van der Waals surface area contributed by atoms with Crippen molar-refractivity contribution in [3.63, 3.8) is 0 Å². The number of rotatable bonds is 4. The molecule has 0 spiro atoms. The van der Waals surface area contributed by atoms with Crippen molar-refractivity contribution in [1.29, 1.82) is 0 Å². The van der Waals surface area contributed by atoms with Gasteiger partial charge in [-0.25, -0.2) is 4.79 Å². The lowest BCUT2D eigenvalue weighted by Crippen LogP contribution is -2.38. The van der Waals surface area contributed by atoms with Crippen molar-refractivity contribution in [3.05, 3.63) is 29.3 Å². The Bertz CT molecular complexity index is 522. The largest absolute Gasteiger partial charge is 0.452 e. The summed E-state index contributed by atoms with van der Waals surface area (Å²) in [5.41, 5.74) is 7.37. The van der Waals surface area contributed by atoms with Crippen LogP contribution in [0, 0.1) is 6.92 Å². The number of anilines is 1. The Balaban J connectivity index is 1.83. The lowest BCUT2D eigenvalue weighted by Gasteiger charge is -2.22. The van der Waals surface area contributed by atoms with Gasteiger partial charge in [0, 0.05) is 11.7 Å². The number of benzene rings is 1. The molecule has 1 aliphatic carbocycles. The second-order valence-corrected chi connectivity index (χ2v) is 5.50. The Morgan fingerprint density at radius 1 is 1.29 bits per heavy atom. The summed E-state index contributed by atoms with van der Waals surface area (Å²) in [7, 11) is 0. The van der Waals surface area contributed by atoms with Gasteiger partial charge in [0.1, 0.15) is 0 Å². The number of carbonyl (C=O) groups is 2. The summed E-state index contributed by atoms with van der Waals surface area (Å²) in [6.07, 6.45) is 5.54. The molecular weight excluding hydrogens is 268 g/mol. The topological polar surface area (TPSA) is 81.4 Å². The molecule has 5 nitrogen and oxygen atoms in total. The normalized spacial score (nSPS) is 15.5. The molecule has 0 unspecified atom stereocenters. The van der Waals surface area contributed by atoms with E-state index in [4.69, 9.17) is 10.5 Å². The molecule has 1 aromatic carbocycles. The van der Waals surface area contributed by atoms with Gasteiger partial charge < -0.3 is 15.8 Å². The molecule has 0 atom stereocenters. The Morgan fingerprint density at radius 2 is 2.00 bits per heavy atom. The molecule has 0 aromatic heterocycles. The molecule has 1 fully saturated rings. The van der Waals surface area contributed by atoms with Crippen LogP contribution in [0.5, 0.6) is 0 Å². The van der Waals surface area contributed by atoms with E-state index in [1.54, 1.807) is 25.1 Å². The van der Waals surface area contributed by atoms with Gasteiger partial charge in [0.05, 0.1) is 5.56 Å². The molecule has 1 aliphatic rings. The second kappa shape index (κ2) is 7.11. The molecule has 0 aliphatic heterocycles. The quantitative estimate of drug-likeness (QED) is 0.658. The van der Waals surface area contributed by atoms with Crippen molar-refractivity contribution >= 4 is 17.6 Å². The van der Waals surface area contributed by atoms with Crippen LogP contribution in [0.1, 0.15) is 48.0 Å². The van der Waals surface area contributed by atoms with Crippen LogP contribution in [0.3, 0.4) is 0 Å². The van der Waals surface area contributed by atoms with Crippen molar-refractivity contribution in [2.75, 3.05) is 12.3 Å². The Kier molecular flexibility index (Phi) is 5.20. The summed E-state index contributed by atoms with van der Waals surface area (Å²) in [6.45, 7) is 1.51. The molecule has 0 bridgehead atoms. The predicted octanol–water partition coefficient (Wildman–Crippen LogP) is 2.18. The van der Waals surface area contributed by atoms with Gasteiger partial charge in [-0.2, -0.15) is 0 Å². The van der Waals surface area contributed by atoms with Crippen LogP contribution in [0.2, 0.25) is 0 Å². The first kappa shape index (κ1) is 15.4. The fraction of sp³-hybridized carbons (Fsp3) is 0.500. The molecule has 21 heavy (non-hydrogen) atoms. The van der Waals surface area contributed by atoms with Gasteiger partial charge in [0.2, 0.25) is 0 Å². The SMILES string of the molecule is Cc1c(N)cccc1C(=O)OCC(=O)NC1CCCCC1. The molecule has 3 N–H and O–H groups in total. The third-order valence-electron chi connectivity index (χ3n) is 3.90. The van der Waals surface area contributed by atoms with Crippen molar-refractivity contribution in [2.24, 2.45) is 0 Å². The van der Waals surface area contributed by atoms with Gasteiger partial charge in [0.15, 0.2) is 6.61 Å². The molecule has 114 valence electrons. The molecule has 5 heteroatoms. The van der Waals surface area contributed by atoms with Crippen LogP contribution < -0.4 is 11.1 Å². The van der Waals surface area contributed by atoms with Crippen molar-refractivity contribution < 1.29 is 14.3 Å². The maximum absolute atomic E-state index is 12.0. The highest BCUT2D eigenvalue weighted by Crippen LogP contribution is 2.18. The number of hydrogen-bond donors (Lipinski definition) is 2. The van der Waals surface area contributed by atoms with E-state index in [-0.39, 0.29) is 18.6 Å². The minimum atomic E-state index is -0.515. The highest BCUT2D eigenvalue weighted by Gasteiger charge is 2.18. The molecule has 2 rings (SSSR count). The average molecular weight is 290 g/mol. The number of nitrogens with two attached hydrogens (primary N) is 1. The van der Waals surface area contributed by atoms with E-state index in [9.17, 15) is 9.59 Å². The number of nitrogens with one attached hydrogen (secondary N) is 1. The Hall–Kier alpha value is -2.04. The average Bonchev–Trinajstić information content (AvgIpc) is 2.48. The summed E-state index contributed by atoms with van der Waals surface area (Å²) in [6, 6.07) is 5.29. The van der Waals surface area contributed by atoms with Gasteiger partial charge in [0.25, 0.3) is 5.91 Å². The molecular formula is C16H22N2O3. The second-order valence-electron chi connectivity index (χ2n) is 5.50. The standard InChI is InChI=1S/C16H22N2O3/c1-11-13(8-5-9-14(11)17)16(20)21-10-15(19)18-12-6-3-2-4-7-12/h5,8-9,12H,2-4,6-7,10,17H2,1H3,(H,18,19). The number of amides is 1. The van der Waals surface area contributed by atoms with Crippen LogP contribution in [-0.4, -0.2) is 24.5 Å². The van der Waals surface area contributed by atoms with E-state index in [0.29, 0.717) is 16.8 Å². The van der Waals surface area contributed by atoms with E-state index in [1.807, 2.05) is 0 Å². The molecule has 1 aromatic rings. The van der Waals surface area contributed by atoms with E-state index in [0.717, 1.165) is 25.7 Å². The summed E-state index contributed by atoms with van der Waals surface area (Å²) >= 11 is 0. The maximum Gasteiger partial charge on any atom is 0.338 e. The fourth-order valence-electron chi connectivity index (χ4n) is 2.60. The number of nitrogen functional groups attached to an aromatic ring is 1. The lowest BCUT2D eigenvalue weighted by atomic mass is 9.95. The Morgan fingerprint density at radius 3 is 2.71 bits per heavy atom. The molecule has 0 saturated heterocycles. The smallest absolute Gasteiger partial charge is 0.338 e. The van der Waals surface area contributed by atoms with Crippen LogP contribution in [0.25, 0.3) is 0 Å². The first-order valence-corrected chi connectivity index (χ1v) is 7.39. The van der Waals surface area contributed by atoms with Gasteiger partial charge in [-0.05, 0) is 37.5 Å². The summed E-state index contributed by atoms with van der Waals surface area (Å²) in [5, 5.41) is 2.91. The number of esters is 1. The zero-order valence-corrected chi connectivity index (χ0v) is 12.4. The predicted molar refractivity (Wildman–Crippen MR) is 80.9 cm³/mol. The van der Waals surface area contributed by atoms with E-state index >= 15 is 0 Å². The fourth-order valence-corrected chi connectivity index (χ4v) is 2.60. The van der Waals surface area contributed by atoms with Gasteiger partial charge in [-0.15, -0.1) is 0 Å². The minimum absolute atomic E-state index is 0.221. The number of carbonyl (C=O) groups excluding carboxylic acids is 2. The Labute approximate surface area is 124 Å². The maximum atomic E-state index is 12.0. The van der Waals surface area contributed by atoms with Crippen molar-refractivity contribution in [1.82, 2.24) is 5.32 Å². The van der Waals surface area contributed by atoms with Crippen LogP contribution in [0.4, 0.5) is 5.69 Å². The van der Waals surface area contributed by atoms with Gasteiger partial charge in [-0.3, -0.25) is 4.79 Å². The summed E-state index contributed by atoms with van der Waals surface area (Å²) in [4.78, 5) is 23.7.